The molecule has 1 unspecified atom stereocenters. The van der Waals surface area contributed by atoms with Gasteiger partial charge in [0.25, 0.3) is 0 Å². The molecule has 1 aromatic rings. The predicted octanol–water partition coefficient (Wildman–Crippen LogP) is 6.96. The van der Waals surface area contributed by atoms with E-state index in [2.05, 4.69) is 0 Å². The van der Waals surface area contributed by atoms with Gasteiger partial charge in [0.05, 0.1) is 6.61 Å². The Bertz CT molecular complexity index is 489. The summed E-state index contributed by atoms with van der Waals surface area (Å²) in [7, 11) is -2.33. The van der Waals surface area contributed by atoms with Gasteiger partial charge in [0.15, 0.2) is 0 Å². The molecule has 25 heavy (non-hydrogen) atoms. The molecule has 0 saturated carbocycles. The molecule has 1 aromatic carbocycles. The average Bonchev–Trinajstić information content (AvgIpc) is 2.62. The molecule has 0 aliphatic heterocycles. The molecule has 0 aliphatic carbocycles. The number of ketones is 1. The molecule has 0 heterocycles. The highest BCUT2D eigenvalue weighted by molar-refractivity contribution is 8.30. The number of benzene rings is 1. The summed E-state index contributed by atoms with van der Waals surface area (Å²) in [5.41, 5.74) is 0. The minimum absolute atomic E-state index is 0.0116. The second-order valence-electron chi connectivity index (χ2n) is 6.57. The van der Waals surface area contributed by atoms with Crippen LogP contribution in [-0.4, -0.2) is 22.9 Å². The highest BCUT2D eigenvalue weighted by Crippen LogP contribution is 2.64. The largest absolute Gasteiger partial charge is 0.493 e. The Morgan fingerprint density at radius 2 is 1.52 bits per heavy atom. The van der Waals surface area contributed by atoms with Crippen molar-refractivity contribution in [2.75, 3.05) is 6.61 Å². The Labute approximate surface area is 156 Å². The normalized spacial score (nSPS) is 13.2. The second kappa shape index (κ2) is 11.6. The van der Waals surface area contributed by atoms with E-state index in [0.29, 0.717) is 18.8 Å². The van der Waals surface area contributed by atoms with Crippen molar-refractivity contribution in [2.24, 2.45) is 5.92 Å². The molecule has 0 spiro atoms. The maximum Gasteiger partial charge on any atom is 0.139 e. The van der Waals surface area contributed by atoms with Crippen LogP contribution in [0.4, 0.5) is 3.89 Å². The number of carbonyl (C=O) groups is 1. The van der Waals surface area contributed by atoms with Gasteiger partial charge in [-0.05, 0) is 30.7 Å². The monoisotopic (exact) mass is 372 g/mol. The molecule has 4 heteroatoms. The summed E-state index contributed by atoms with van der Waals surface area (Å²) in [5.74, 6) is 1.02. The molecule has 0 N–H and O–H groups in total. The van der Waals surface area contributed by atoms with E-state index in [1.54, 1.807) is 0 Å². The van der Waals surface area contributed by atoms with Gasteiger partial charge in [-0.2, -0.15) is 3.89 Å². The van der Waals surface area contributed by atoms with Gasteiger partial charge in [-0.25, -0.2) is 0 Å². The highest BCUT2D eigenvalue weighted by Gasteiger charge is 2.33. The van der Waals surface area contributed by atoms with Crippen molar-refractivity contribution in [1.29, 1.82) is 0 Å². The topological polar surface area (TPSA) is 26.3 Å². The first-order chi connectivity index (χ1) is 11.7. The van der Waals surface area contributed by atoms with Crippen molar-refractivity contribution in [3.8, 4) is 5.75 Å². The number of carbonyl (C=O) groups excluding carboxylic acids is 1. The summed E-state index contributed by atoms with van der Waals surface area (Å²) in [5, 5.41) is -0.0233. The van der Waals surface area contributed by atoms with Crippen molar-refractivity contribution in [1.82, 2.24) is 0 Å². The number of Topliss-reactive ketones (excluding diaryl/α,β-unsaturated/α-hetero) is 1. The van der Waals surface area contributed by atoms with Gasteiger partial charge in [0.2, 0.25) is 0 Å². The van der Waals surface area contributed by atoms with Gasteiger partial charge in [-0.3, -0.25) is 4.79 Å². The van der Waals surface area contributed by atoms with Gasteiger partial charge < -0.3 is 4.74 Å². The summed E-state index contributed by atoms with van der Waals surface area (Å²) >= 11 is 0. The van der Waals surface area contributed by atoms with Crippen LogP contribution in [0.3, 0.4) is 0 Å². The summed E-state index contributed by atoms with van der Waals surface area (Å²) in [6, 6.07) is 7.30. The number of hydrogen-bond donors (Lipinski definition) is 0. The Morgan fingerprint density at radius 3 is 1.92 bits per heavy atom. The lowest BCUT2D eigenvalue weighted by Crippen LogP contribution is -2.17. The van der Waals surface area contributed by atoms with E-state index in [-0.39, 0.29) is 22.2 Å². The molecule has 0 bridgehead atoms. The number of rotatable bonds is 9. The van der Waals surface area contributed by atoms with Gasteiger partial charge in [-0.15, -0.1) is 0 Å². The molecule has 0 radical (unpaired) electrons. The fourth-order valence-corrected chi connectivity index (χ4v) is 5.31. The first kappa shape index (κ1) is 24.0. The molecule has 1 rings (SSSR count). The van der Waals surface area contributed by atoms with Gasteiger partial charge in [0.1, 0.15) is 11.5 Å². The molecule has 0 saturated heterocycles. The van der Waals surface area contributed by atoms with Crippen LogP contribution < -0.4 is 4.74 Å². The maximum atomic E-state index is 15.4. The zero-order valence-corrected chi connectivity index (χ0v) is 18.1. The van der Waals surface area contributed by atoms with Crippen molar-refractivity contribution in [3.63, 3.8) is 0 Å². The lowest BCUT2D eigenvalue weighted by Gasteiger charge is -2.39. The van der Waals surface area contributed by atoms with Crippen LogP contribution >= 0.6 is 10.4 Å². The summed E-state index contributed by atoms with van der Waals surface area (Å²) in [6.07, 6.45) is 1.28. The first-order valence-electron chi connectivity index (χ1n) is 9.49. The lowest BCUT2D eigenvalue weighted by atomic mass is 10.0. The molecular formula is C21H37FO2S. The zero-order valence-electron chi connectivity index (χ0n) is 17.3. The average molecular weight is 373 g/mol. The summed E-state index contributed by atoms with van der Waals surface area (Å²) in [6.45, 7) is 16.1. The van der Waals surface area contributed by atoms with Gasteiger partial charge >= 0.3 is 0 Å². The van der Waals surface area contributed by atoms with Crippen LogP contribution in [0.1, 0.15) is 68.2 Å². The van der Waals surface area contributed by atoms with Crippen molar-refractivity contribution >= 4 is 16.2 Å². The third kappa shape index (κ3) is 6.65. The molecule has 146 valence electrons. The standard InChI is InChI=1S/C19H31FO2S.C2H6/c1-7-16(6)19(21)12-13-22-17-8-10-18(11-9-17)23(20,14(2)3)15(4)5;1-2/h8-11,14-16H,7,12-13H2,1-6H3;1-2H3. The Balaban J connectivity index is 0.00000277. The molecule has 0 aromatic heterocycles. The van der Waals surface area contributed by atoms with Crippen LogP contribution in [0.2, 0.25) is 0 Å². The highest BCUT2D eigenvalue weighted by atomic mass is 32.3. The fourth-order valence-electron chi connectivity index (χ4n) is 2.58. The smallest absolute Gasteiger partial charge is 0.139 e. The van der Waals surface area contributed by atoms with Crippen LogP contribution in [-0.2, 0) is 4.79 Å². The fraction of sp³-hybridized carbons (Fsp3) is 0.667. The Kier molecular flexibility index (Phi) is 11.1. The summed E-state index contributed by atoms with van der Waals surface area (Å²) in [4.78, 5) is 12.5. The van der Waals surface area contributed by atoms with E-state index < -0.39 is 10.4 Å². The van der Waals surface area contributed by atoms with E-state index in [9.17, 15) is 4.79 Å². The van der Waals surface area contributed by atoms with Crippen LogP contribution in [0.15, 0.2) is 29.2 Å². The van der Waals surface area contributed by atoms with Crippen LogP contribution in [0, 0.1) is 5.92 Å². The molecule has 1 atom stereocenters. The molecule has 0 fully saturated rings. The van der Waals surface area contributed by atoms with E-state index in [1.165, 1.54) is 0 Å². The molecular weight excluding hydrogens is 335 g/mol. The van der Waals surface area contributed by atoms with Crippen LogP contribution in [0.5, 0.6) is 5.75 Å². The van der Waals surface area contributed by atoms with Crippen LogP contribution in [0.25, 0.3) is 0 Å². The quantitative estimate of drug-likeness (QED) is 0.468. The molecule has 0 aliphatic rings. The maximum absolute atomic E-state index is 15.4. The van der Waals surface area contributed by atoms with E-state index in [1.807, 2.05) is 79.7 Å². The van der Waals surface area contributed by atoms with Crippen molar-refractivity contribution < 1.29 is 13.4 Å². The van der Waals surface area contributed by atoms with E-state index in [4.69, 9.17) is 4.74 Å². The van der Waals surface area contributed by atoms with E-state index >= 15 is 3.89 Å². The molecule has 0 amide bonds. The summed E-state index contributed by atoms with van der Waals surface area (Å²) < 4.78 is 21.0. The number of ether oxygens (including phenoxy) is 1. The first-order valence-corrected chi connectivity index (χ1v) is 11.2. The van der Waals surface area contributed by atoms with Gasteiger partial charge in [-0.1, -0.05) is 65.8 Å². The number of halogens is 1. The minimum atomic E-state index is -2.33. The van der Waals surface area contributed by atoms with Crippen molar-refractivity contribution in [2.45, 2.75) is 83.6 Å². The lowest BCUT2D eigenvalue weighted by molar-refractivity contribution is -0.122. The number of hydrogen-bond acceptors (Lipinski definition) is 2. The SMILES string of the molecule is CC.CCC(C)C(=O)CCOc1ccc(S(F)(C(C)C)C(C)C)cc1. The molecule has 2 nitrogen and oxygen atoms in total. The van der Waals surface area contributed by atoms with Gasteiger partial charge in [0, 0.05) is 27.7 Å². The Hall–Kier alpha value is -1.03. The predicted molar refractivity (Wildman–Crippen MR) is 110 cm³/mol. The van der Waals surface area contributed by atoms with E-state index in [0.717, 1.165) is 11.3 Å². The van der Waals surface area contributed by atoms with Crippen molar-refractivity contribution in [3.05, 3.63) is 24.3 Å². The minimum Gasteiger partial charge on any atom is -0.493 e. The second-order valence-corrected chi connectivity index (χ2v) is 10.2. The third-order valence-corrected chi connectivity index (χ3v) is 8.08. The zero-order chi connectivity index (χ0) is 19.6. The third-order valence-electron chi connectivity index (χ3n) is 4.34. The Morgan fingerprint density at radius 1 is 1.04 bits per heavy atom.